The van der Waals surface area contributed by atoms with Crippen LogP contribution in [-0.4, -0.2) is 18.4 Å². The average molecular weight is 324 g/mol. The van der Waals surface area contributed by atoms with Gasteiger partial charge in [-0.25, -0.2) is 0 Å². The molecule has 0 bridgehead atoms. The molecule has 0 unspecified atom stereocenters. The van der Waals surface area contributed by atoms with E-state index in [9.17, 15) is 9.59 Å². The summed E-state index contributed by atoms with van der Waals surface area (Å²) in [6.07, 6.45) is 0.278. The summed E-state index contributed by atoms with van der Waals surface area (Å²) in [7, 11) is 0. The molecule has 2 amide bonds. The molecular formula is C20H24N2O2. The van der Waals surface area contributed by atoms with Crippen LogP contribution in [0.5, 0.6) is 0 Å². The highest BCUT2D eigenvalue weighted by molar-refractivity contribution is 5.93. The number of carbonyl (C=O) groups is 2. The number of nitrogens with one attached hydrogen (secondary N) is 1. The molecule has 0 spiro atoms. The van der Waals surface area contributed by atoms with Gasteiger partial charge in [0.25, 0.3) is 0 Å². The topological polar surface area (TPSA) is 49.4 Å². The van der Waals surface area contributed by atoms with Crippen molar-refractivity contribution in [1.29, 1.82) is 0 Å². The first-order valence-electron chi connectivity index (χ1n) is 8.13. The molecule has 24 heavy (non-hydrogen) atoms. The van der Waals surface area contributed by atoms with Crippen molar-refractivity contribution in [3.8, 4) is 0 Å². The van der Waals surface area contributed by atoms with Gasteiger partial charge in [-0.05, 0) is 31.0 Å². The SMILES string of the molecule is CC(=O)N(CCC(=O)NCc1ccccc1)c1ccc(C)cc1C. The molecule has 0 fully saturated rings. The van der Waals surface area contributed by atoms with E-state index in [1.165, 1.54) is 6.92 Å². The second kappa shape index (κ2) is 8.29. The third-order valence-electron chi connectivity index (χ3n) is 3.92. The zero-order valence-corrected chi connectivity index (χ0v) is 14.5. The minimum Gasteiger partial charge on any atom is -0.352 e. The molecule has 0 aliphatic carbocycles. The van der Waals surface area contributed by atoms with Crippen molar-refractivity contribution in [3.63, 3.8) is 0 Å². The zero-order valence-electron chi connectivity index (χ0n) is 14.5. The van der Waals surface area contributed by atoms with E-state index < -0.39 is 0 Å². The minimum atomic E-state index is -0.0603. The molecule has 0 heterocycles. The first-order chi connectivity index (χ1) is 11.5. The van der Waals surface area contributed by atoms with Crippen LogP contribution in [0, 0.1) is 13.8 Å². The summed E-state index contributed by atoms with van der Waals surface area (Å²) >= 11 is 0. The largest absolute Gasteiger partial charge is 0.352 e. The Morgan fingerprint density at radius 1 is 1.04 bits per heavy atom. The van der Waals surface area contributed by atoms with Crippen LogP contribution >= 0.6 is 0 Å². The van der Waals surface area contributed by atoms with E-state index in [1.807, 2.05) is 62.4 Å². The molecule has 0 aliphatic heterocycles. The lowest BCUT2D eigenvalue weighted by molar-refractivity contribution is -0.121. The highest BCUT2D eigenvalue weighted by Crippen LogP contribution is 2.21. The van der Waals surface area contributed by atoms with Gasteiger partial charge >= 0.3 is 0 Å². The van der Waals surface area contributed by atoms with Crippen LogP contribution < -0.4 is 10.2 Å². The average Bonchev–Trinajstić information content (AvgIpc) is 2.55. The van der Waals surface area contributed by atoms with Crippen LogP contribution in [0.1, 0.15) is 30.0 Å². The molecule has 2 aromatic carbocycles. The van der Waals surface area contributed by atoms with E-state index in [1.54, 1.807) is 4.90 Å². The first-order valence-corrected chi connectivity index (χ1v) is 8.13. The van der Waals surface area contributed by atoms with E-state index in [2.05, 4.69) is 5.32 Å². The maximum absolute atomic E-state index is 12.1. The third-order valence-corrected chi connectivity index (χ3v) is 3.92. The normalized spacial score (nSPS) is 10.3. The molecule has 0 saturated carbocycles. The van der Waals surface area contributed by atoms with Crippen LogP contribution in [0.2, 0.25) is 0 Å². The Kier molecular flexibility index (Phi) is 6.13. The number of hydrogen-bond donors (Lipinski definition) is 1. The standard InChI is InChI=1S/C20H24N2O2/c1-15-9-10-19(16(2)13-15)22(17(3)23)12-11-20(24)21-14-18-7-5-4-6-8-18/h4-10,13H,11-12,14H2,1-3H3,(H,21,24). The van der Waals surface area contributed by atoms with E-state index in [4.69, 9.17) is 0 Å². The lowest BCUT2D eigenvalue weighted by Gasteiger charge is -2.23. The smallest absolute Gasteiger partial charge is 0.223 e. The second-order valence-electron chi connectivity index (χ2n) is 5.97. The van der Waals surface area contributed by atoms with Crippen LogP contribution in [-0.2, 0) is 16.1 Å². The quantitative estimate of drug-likeness (QED) is 0.886. The fourth-order valence-electron chi connectivity index (χ4n) is 2.65. The Labute approximate surface area is 143 Å². The molecule has 0 saturated heterocycles. The molecular weight excluding hydrogens is 300 g/mol. The molecule has 0 aliphatic rings. The van der Waals surface area contributed by atoms with Gasteiger partial charge in [0.15, 0.2) is 0 Å². The van der Waals surface area contributed by atoms with Crippen molar-refractivity contribution < 1.29 is 9.59 Å². The van der Waals surface area contributed by atoms with Crippen LogP contribution in [0.25, 0.3) is 0 Å². The fraction of sp³-hybridized carbons (Fsp3) is 0.300. The maximum atomic E-state index is 12.1. The van der Waals surface area contributed by atoms with Gasteiger partial charge < -0.3 is 10.2 Å². The van der Waals surface area contributed by atoms with Gasteiger partial charge in [0.05, 0.1) is 0 Å². The summed E-state index contributed by atoms with van der Waals surface area (Å²) in [5.41, 5.74) is 4.11. The summed E-state index contributed by atoms with van der Waals surface area (Å²) in [4.78, 5) is 25.7. The predicted molar refractivity (Wildman–Crippen MR) is 96.8 cm³/mol. The van der Waals surface area contributed by atoms with Gasteiger partial charge in [0.2, 0.25) is 11.8 Å². The highest BCUT2D eigenvalue weighted by atomic mass is 16.2. The number of aryl methyl sites for hydroxylation is 2. The molecule has 4 heteroatoms. The van der Waals surface area contributed by atoms with Gasteiger partial charge in [-0.15, -0.1) is 0 Å². The van der Waals surface area contributed by atoms with E-state index in [0.29, 0.717) is 13.1 Å². The van der Waals surface area contributed by atoms with Crippen LogP contribution in [0.4, 0.5) is 5.69 Å². The van der Waals surface area contributed by atoms with Crippen molar-refractivity contribution in [2.75, 3.05) is 11.4 Å². The molecule has 126 valence electrons. The molecule has 4 nitrogen and oxygen atoms in total. The molecule has 0 radical (unpaired) electrons. The molecule has 0 atom stereocenters. The maximum Gasteiger partial charge on any atom is 0.223 e. The van der Waals surface area contributed by atoms with E-state index in [0.717, 1.165) is 22.4 Å². The third kappa shape index (κ3) is 4.95. The van der Waals surface area contributed by atoms with Crippen LogP contribution in [0.3, 0.4) is 0 Å². The van der Waals surface area contributed by atoms with E-state index >= 15 is 0 Å². The van der Waals surface area contributed by atoms with E-state index in [-0.39, 0.29) is 18.2 Å². The molecule has 1 N–H and O–H groups in total. The zero-order chi connectivity index (χ0) is 17.5. The Balaban J connectivity index is 1.94. The minimum absolute atomic E-state index is 0.0576. The number of nitrogens with zero attached hydrogens (tertiary/aromatic N) is 1. The number of carbonyl (C=O) groups excluding carboxylic acids is 2. The summed E-state index contributed by atoms with van der Waals surface area (Å²) in [6, 6.07) is 15.7. The van der Waals surface area contributed by atoms with Crippen molar-refractivity contribution in [1.82, 2.24) is 5.32 Å². The van der Waals surface area contributed by atoms with Gasteiger partial charge in [0.1, 0.15) is 0 Å². The van der Waals surface area contributed by atoms with Crippen molar-refractivity contribution in [3.05, 3.63) is 65.2 Å². The second-order valence-corrected chi connectivity index (χ2v) is 5.97. The molecule has 2 rings (SSSR count). The van der Waals surface area contributed by atoms with Gasteiger partial charge in [-0.1, -0.05) is 48.0 Å². The van der Waals surface area contributed by atoms with Gasteiger partial charge in [0, 0.05) is 32.1 Å². The summed E-state index contributed by atoms with van der Waals surface area (Å²) in [5, 5.41) is 2.89. The van der Waals surface area contributed by atoms with Crippen molar-refractivity contribution in [2.24, 2.45) is 0 Å². The van der Waals surface area contributed by atoms with Gasteiger partial charge in [-0.2, -0.15) is 0 Å². The summed E-state index contributed by atoms with van der Waals surface area (Å²) in [5.74, 6) is -0.118. The number of amides is 2. The Morgan fingerprint density at radius 3 is 2.38 bits per heavy atom. The number of hydrogen-bond acceptors (Lipinski definition) is 2. The highest BCUT2D eigenvalue weighted by Gasteiger charge is 2.15. The van der Waals surface area contributed by atoms with Crippen molar-refractivity contribution in [2.45, 2.75) is 33.7 Å². The van der Waals surface area contributed by atoms with Crippen LogP contribution in [0.15, 0.2) is 48.5 Å². The lowest BCUT2D eigenvalue weighted by Crippen LogP contribution is -2.34. The monoisotopic (exact) mass is 324 g/mol. The Bertz CT molecular complexity index is 711. The number of rotatable bonds is 6. The molecule has 2 aromatic rings. The Morgan fingerprint density at radius 2 is 1.75 bits per heavy atom. The van der Waals surface area contributed by atoms with Crippen molar-refractivity contribution >= 4 is 17.5 Å². The number of anilines is 1. The summed E-state index contributed by atoms with van der Waals surface area (Å²) < 4.78 is 0. The first kappa shape index (κ1) is 17.7. The lowest BCUT2D eigenvalue weighted by atomic mass is 10.1. The number of benzene rings is 2. The fourth-order valence-corrected chi connectivity index (χ4v) is 2.65. The predicted octanol–water partition coefficient (Wildman–Crippen LogP) is 3.36. The van der Waals surface area contributed by atoms with Gasteiger partial charge in [-0.3, -0.25) is 9.59 Å². The molecule has 0 aromatic heterocycles. The summed E-state index contributed by atoms with van der Waals surface area (Å²) in [6.45, 7) is 6.41. The Hall–Kier alpha value is -2.62.